The van der Waals surface area contributed by atoms with Gasteiger partial charge in [0.25, 0.3) is 0 Å². The SMILES string of the molecule is CC(CCBr)(OCc1ccccc1)C(=O)O. The van der Waals surface area contributed by atoms with Crippen LogP contribution in [0.2, 0.25) is 0 Å². The molecule has 0 amide bonds. The Balaban J connectivity index is 2.60. The summed E-state index contributed by atoms with van der Waals surface area (Å²) in [5.74, 6) is -0.928. The molecule has 0 radical (unpaired) electrons. The van der Waals surface area contributed by atoms with Crippen molar-refractivity contribution in [3.8, 4) is 0 Å². The number of hydrogen-bond donors (Lipinski definition) is 1. The Morgan fingerprint density at radius 2 is 2.06 bits per heavy atom. The van der Waals surface area contributed by atoms with Gasteiger partial charge in [-0.15, -0.1) is 0 Å². The number of ether oxygens (including phenoxy) is 1. The molecule has 0 heterocycles. The predicted molar refractivity (Wildman–Crippen MR) is 65.7 cm³/mol. The summed E-state index contributed by atoms with van der Waals surface area (Å²) in [5, 5.41) is 9.70. The number of halogens is 1. The van der Waals surface area contributed by atoms with Crippen LogP contribution in [0.4, 0.5) is 0 Å². The Bertz CT molecular complexity index is 339. The van der Waals surface area contributed by atoms with E-state index in [1.54, 1.807) is 6.92 Å². The fourth-order valence-electron chi connectivity index (χ4n) is 1.24. The normalized spacial score (nSPS) is 14.4. The highest BCUT2D eigenvalue weighted by molar-refractivity contribution is 9.09. The molecule has 1 aromatic carbocycles. The number of carboxylic acids is 1. The van der Waals surface area contributed by atoms with E-state index in [-0.39, 0.29) is 0 Å². The Hall–Kier alpha value is -0.870. The van der Waals surface area contributed by atoms with Gasteiger partial charge in [0.05, 0.1) is 6.61 Å². The van der Waals surface area contributed by atoms with Gasteiger partial charge in [-0.1, -0.05) is 46.3 Å². The van der Waals surface area contributed by atoms with E-state index in [0.29, 0.717) is 18.4 Å². The van der Waals surface area contributed by atoms with Crippen molar-refractivity contribution in [1.82, 2.24) is 0 Å². The maximum absolute atomic E-state index is 11.1. The molecule has 1 N–H and O–H groups in total. The molecule has 88 valence electrons. The monoisotopic (exact) mass is 286 g/mol. The predicted octanol–water partition coefficient (Wildman–Crippen LogP) is 2.83. The zero-order valence-corrected chi connectivity index (χ0v) is 10.7. The van der Waals surface area contributed by atoms with E-state index >= 15 is 0 Å². The highest BCUT2D eigenvalue weighted by Gasteiger charge is 2.33. The Labute approximate surface area is 104 Å². The van der Waals surface area contributed by atoms with E-state index in [1.165, 1.54) is 0 Å². The first kappa shape index (κ1) is 13.2. The second-order valence-electron chi connectivity index (χ2n) is 3.75. The molecular weight excluding hydrogens is 272 g/mol. The highest BCUT2D eigenvalue weighted by Crippen LogP contribution is 2.19. The van der Waals surface area contributed by atoms with Gasteiger partial charge in [-0.05, 0) is 18.9 Å². The van der Waals surface area contributed by atoms with Gasteiger partial charge >= 0.3 is 5.97 Å². The van der Waals surface area contributed by atoms with Crippen LogP contribution in [0.1, 0.15) is 18.9 Å². The minimum absolute atomic E-state index is 0.316. The minimum Gasteiger partial charge on any atom is -0.479 e. The topological polar surface area (TPSA) is 46.5 Å². The van der Waals surface area contributed by atoms with Crippen LogP contribution in [0.15, 0.2) is 30.3 Å². The van der Waals surface area contributed by atoms with Gasteiger partial charge in [-0.3, -0.25) is 0 Å². The van der Waals surface area contributed by atoms with Crippen LogP contribution in [-0.2, 0) is 16.1 Å². The summed E-state index contributed by atoms with van der Waals surface area (Å²) in [7, 11) is 0. The smallest absolute Gasteiger partial charge is 0.335 e. The Morgan fingerprint density at radius 1 is 1.44 bits per heavy atom. The fourth-order valence-corrected chi connectivity index (χ4v) is 1.99. The van der Waals surface area contributed by atoms with Gasteiger partial charge in [0.1, 0.15) is 0 Å². The first-order chi connectivity index (χ1) is 7.58. The maximum atomic E-state index is 11.1. The van der Waals surface area contributed by atoms with Crippen molar-refractivity contribution in [2.24, 2.45) is 0 Å². The lowest BCUT2D eigenvalue weighted by Crippen LogP contribution is -2.38. The summed E-state index contributed by atoms with van der Waals surface area (Å²) in [6.07, 6.45) is 0.440. The number of hydrogen-bond acceptors (Lipinski definition) is 2. The molecule has 4 heteroatoms. The van der Waals surface area contributed by atoms with E-state index in [4.69, 9.17) is 9.84 Å². The Morgan fingerprint density at radius 3 is 2.56 bits per heavy atom. The van der Waals surface area contributed by atoms with Crippen molar-refractivity contribution in [1.29, 1.82) is 0 Å². The zero-order chi connectivity index (χ0) is 12.0. The van der Waals surface area contributed by atoms with Crippen molar-refractivity contribution in [3.05, 3.63) is 35.9 Å². The van der Waals surface area contributed by atoms with E-state index in [9.17, 15) is 4.79 Å². The molecular formula is C12H15BrO3. The minimum atomic E-state index is -1.13. The van der Waals surface area contributed by atoms with Crippen molar-refractivity contribution in [2.45, 2.75) is 25.6 Å². The van der Waals surface area contributed by atoms with Crippen LogP contribution >= 0.6 is 15.9 Å². The fraction of sp³-hybridized carbons (Fsp3) is 0.417. The lowest BCUT2D eigenvalue weighted by atomic mass is 10.0. The number of alkyl halides is 1. The number of carbonyl (C=O) groups is 1. The second kappa shape index (κ2) is 6.01. The summed E-state index contributed by atoms with van der Waals surface area (Å²) in [6, 6.07) is 9.55. The quantitative estimate of drug-likeness (QED) is 0.818. The average molecular weight is 287 g/mol. The number of rotatable bonds is 6. The molecule has 0 aliphatic rings. The summed E-state index contributed by atoms with van der Waals surface area (Å²) in [4.78, 5) is 11.1. The molecule has 0 fully saturated rings. The van der Waals surface area contributed by atoms with E-state index in [1.807, 2.05) is 30.3 Å². The van der Waals surface area contributed by atoms with Crippen molar-refractivity contribution in [3.63, 3.8) is 0 Å². The molecule has 1 atom stereocenters. The molecule has 0 aliphatic heterocycles. The van der Waals surface area contributed by atoms with Gasteiger partial charge < -0.3 is 9.84 Å². The molecule has 0 aliphatic carbocycles. The molecule has 1 rings (SSSR count). The van der Waals surface area contributed by atoms with E-state index < -0.39 is 11.6 Å². The van der Waals surface area contributed by atoms with Gasteiger partial charge in [0.15, 0.2) is 5.60 Å². The van der Waals surface area contributed by atoms with E-state index in [0.717, 1.165) is 5.56 Å². The lowest BCUT2D eigenvalue weighted by molar-refractivity contribution is -0.165. The molecule has 16 heavy (non-hydrogen) atoms. The third kappa shape index (κ3) is 3.61. The first-order valence-electron chi connectivity index (χ1n) is 5.06. The molecule has 1 unspecified atom stereocenters. The van der Waals surface area contributed by atoms with Crippen molar-refractivity contribution >= 4 is 21.9 Å². The molecule has 0 bridgehead atoms. The summed E-state index contributed by atoms with van der Waals surface area (Å²) < 4.78 is 5.49. The molecule has 3 nitrogen and oxygen atoms in total. The third-order valence-electron chi connectivity index (χ3n) is 2.42. The number of carboxylic acid groups (broad SMARTS) is 1. The van der Waals surface area contributed by atoms with Crippen molar-refractivity contribution in [2.75, 3.05) is 5.33 Å². The van der Waals surface area contributed by atoms with Crippen LogP contribution in [0.25, 0.3) is 0 Å². The second-order valence-corrected chi connectivity index (χ2v) is 4.54. The molecule has 1 aromatic rings. The van der Waals surface area contributed by atoms with Crippen LogP contribution < -0.4 is 0 Å². The first-order valence-corrected chi connectivity index (χ1v) is 6.18. The van der Waals surface area contributed by atoms with E-state index in [2.05, 4.69) is 15.9 Å². The Kier molecular flexibility index (Phi) is 4.96. The van der Waals surface area contributed by atoms with Gasteiger partial charge in [-0.2, -0.15) is 0 Å². The van der Waals surface area contributed by atoms with Gasteiger partial charge in [-0.25, -0.2) is 4.79 Å². The number of aliphatic carboxylic acids is 1. The highest BCUT2D eigenvalue weighted by atomic mass is 79.9. The molecule has 0 saturated carbocycles. The average Bonchev–Trinajstić information content (AvgIpc) is 2.28. The third-order valence-corrected chi connectivity index (χ3v) is 2.82. The summed E-state index contributed by atoms with van der Waals surface area (Å²) in [5.41, 5.74) is -0.149. The van der Waals surface area contributed by atoms with Crippen LogP contribution in [-0.4, -0.2) is 22.0 Å². The lowest BCUT2D eigenvalue weighted by Gasteiger charge is -2.24. The van der Waals surface area contributed by atoms with Crippen LogP contribution in [0.3, 0.4) is 0 Å². The van der Waals surface area contributed by atoms with Gasteiger partial charge in [0, 0.05) is 5.33 Å². The summed E-state index contributed by atoms with van der Waals surface area (Å²) in [6.45, 7) is 1.91. The van der Waals surface area contributed by atoms with Crippen LogP contribution in [0.5, 0.6) is 0 Å². The zero-order valence-electron chi connectivity index (χ0n) is 9.15. The standard InChI is InChI=1S/C12H15BrO3/c1-12(7-8-13,11(14)15)16-9-10-5-3-2-4-6-10/h2-6H,7-9H2,1H3,(H,14,15). The molecule has 0 saturated heterocycles. The summed E-state index contributed by atoms with van der Waals surface area (Å²) >= 11 is 3.24. The maximum Gasteiger partial charge on any atom is 0.335 e. The van der Waals surface area contributed by atoms with Crippen LogP contribution in [0, 0.1) is 0 Å². The van der Waals surface area contributed by atoms with Gasteiger partial charge in [0.2, 0.25) is 0 Å². The molecule has 0 spiro atoms. The largest absolute Gasteiger partial charge is 0.479 e. The van der Waals surface area contributed by atoms with Crippen molar-refractivity contribution < 1.29 is 14.6 Å². The number of benzene rings is 1. The molecule has 0 aromatic heterocycles.